The van der Waals surface area contributed by atoms with Crippen molar-refractivity contribution in [1.82, 2.24) is 14.9 Å². The van der Waals surface area contributed by atoms with Crippen molar-refractivity contribution in [3.63, 3.8) is 0 Å². The molecule has 2 aromatic rings. The molecule has 3 rings (SSSR count). The normalized spacial score (nSPS) is 19.8. The SMILES string of the molecule is COc1ccc([C@H]2CN(C)C[C@@H]2CNc2nc(C(C)C)cc(=O)[nH]2)cc1OC. The summed E-state index contributed by atoms with van der Waals surface area (Å²) in [6.07, 6.45) is 0. The summed E-state index contributed by atoms with van der Waals surface area (Å²) in [4.78, 5) is 21.6. The predicted molar refractivity (Wildman–Crippen MR) is 111 cm³/mol. The van der Waals surface area contributed by atoms with Crippen LogP contribution in [-0.2, 0) is 0 Å². The fraction of sp³-hybridized carbons (Fsp3) is 0.524. The number of hydrogen-bond acceptors (Lipinski definition) is 6. The van der Waals surface area contributed by atoms with Gasteiger partial charge in [-0.1, -0.05) is 19.9 Å². The zero-order valence-electron chi connectivity index (χ0n) is 17.3. The predicted octanol–water partition coefficient (Wildman–Crippen LogP) is 2.67. The van der Waals surface area contributed by atoms with Gasteiger partial charge >= 0.3 is 0 Å². The van der Waals surface area contributed by atoms with E-state index in [1.54, 1.807) is 20.3 Å². The van der Waals surface area contributed by atoms with Gasteiger partial charge in [0.1, 0.15) is 0 Å². The van der Waals surface area contributed by atoms with E-state index in [9.17, 15) is 4.79 Å². The zero-order chi connectivity index (χ0) is 20.3. The number of likely N-dealkylation sites (N-methyl/N-ethyl adjacent to an activating group) is 1. The van der Waals surface area contributed by atoms with Crippen LogP contribution in [0.3, 0.4) is 0 Å². The Bertz CT molecular complexity index is 865. The number of likely N-dealkylation sites (tertiary alicyclic amines) is 1. The van der Waals surface area contributed by atoms with Crippen molar-refractivity contribution in [3.05, 3.63) is 45.9 Å². The number of methoxy groups -OCH3 is 2. The lowest BCUT2D eigenvalue weighted by Crippen LogP contribution is -2.24. The lowest BCUT2D eigenvalue weighted by atomic mass is 9.88. The minimum atomic E-state index is -0.124. The second-order valence-corrected chi connectivity index (χ2v) is 7.76. The maximum atomic E-state index is 11.9. The molecule has 0 bridgehead atoms. The van der Waals surface area contributed by atoms with Crippen LogP contribution in [0.25, 0.3) is 0 Å². The number of benzene rings is 1. The molecule has 1 aromatic heterocycles. The average Bonchev–Trinajstić information content (AvgIpc) is 3.06. The van der Waals surface area contributed by atoms with E-state index in [2.05, 4.69) is 39.4 Å². The van der Waals surface area contributed by atoms with Gasteiger partial charge in [0.2, 0.25) is 5.95 Å². The number of hydrogen-bond donors (Lipinski definition) is 2. The molecule has 7 nitrogen and oxygen atoms in total. The van der Waals surface area contributed by atoms with Gasteiger partial charge in [0.05, 0.1) is 19.9 Å². The summed E-state index contributed by atoms with van der Waals surface area (Å²) in [7, 11) is 5.44. The molecular formula is C21H30N4O3. The van der Waals surface area contributed by atoms with E-state index >= 15 is 0 Å². The van der Waals surface area contributed by atoms with E-state index in [-0.39, 0.29) is 11.5 Å². The average molecular weight is 386 g/mol. The first kappa shape index (κ1) is 20.2. The van der Waals surface area contributed by atoms with Gasteiger partial charge in [-0.2, -0.15) is 0 Å². The van der Waals surface area contributed by atoms with Crippen LogP contribution in [0.15, 0.2) is 29.1 Å². The van der Waals surface area contributed by atoms with E-state index in [1.165, 1.54) is 5.56 Å². The van der Waals surface area contributed by atoms with Crippen LogP contribution in [0.2, 0.25) is 0 Å². The van der Waals surface area contributed by atoms with Gasteiger partial charge in [0, 0.05) is 31.6 Å². The van der Waals surface area contributed by atoms with Crippen LogP contribution in [0, 0.1) is 5.92 Å². The highest BCUT2D eigenvalue weighted by Crippen LogP contribution is 2.36. The van der Waals surface area contributed by atoms with E-state index in [4.69, 9.17) is 9.47 Å². The van der Waals surface area contributed by atoms with Crippen molar-refractivity contribution in [2.75, 3.05) is 46.2 Å². The third-order valence-corrected chi connectivity index (χ3v) is 5.34. The van der Waals surface area contributed by atoms with E-state index < -0.39 is 0 Å². The van der Waals surface area contributed by atoms with Crippen molar-refractivity contribution in [2.45, 2.75) is 25.7 Å². The maximum absolute atomic E-state index is 11.9. The second-order valence-electron chi connectivity index (χ2n) is 7.76. The summed E-state index contributed by atoms with van der Waals surface area (Å²) < 4.78 is 10.8. The van der Waals surface area contributed by atoms with Crippen LogP contribution >= 0.6 is 0 Å². The Morgan fingerprint density at radius 1 is 1.21 bits per heavy atom. The molecule has 0 aliphatic carbocycles. The summed E-state index contributed by atoms with van der Waals surface area (Å²) in [6, 6.07) is 7.70. The van der Waals surface area contributed by atoms with Gasteiger partial charge < -0.3 is 19.7 Å². The van der Waals surface area contributed by atoms with Crippen LogP contribution in [0.5, 0.6) is 11.5 Å². The molecule has 0 saturated carbocycles. The molecule has 1 saturated heterocycles. The van der Waals surface area contributed by atoms with Crippen LogP contribution in [0.4, 0.5) is 5.95 Å². The molecule has 2 N–H and O–H groups in total. The molecule has 28 heavy (non-hydrogen) atoms. The first-order valence-corrected chi connectivity index (χ1v) is 9.66. The van der Waals surface area contributed by atoms with E-state index in [1.807, 2.05) is 19.9 Å². The highest BCUT2D eigenvalue weighted by molar-refractivity contribution is 5.44. The lowest BCUT2D eigenvalue weighted by Gasteiger charge is -2.21. The molecular weight excluding hydrogens is 356 g/mol. The van der Waals surface area contributed by atoms with Crippen molar-refractivity contribution in [3.8, 4) is 11.5 Å². The smallest absolute Gasteiger partial charge is 0.252 e. The van der Waals surface area contributed by atoms with Crippen molar-refractivity contribution in [1.29, 1.82) is 0 Å². The van der Waals surface area contributed by atoms with Gasteiger partial charge in [-0.3, -0.25) is 9.78 Å². The Balaban J connectivity index is 1.77. The third-order valence-electron chi connectivity index (χ3n) is 5.34. The molecule has 7 heteroatoms. The number of anilines is 1. The fourth-order valence-electron chi connectivity index (χ4n) is 3.84. The number of nitrogens with zero attached hydrogens (tertiary/aromatic N) is 2. The van der Waals surface area contributed by atoms with Gasteiger partial charge in [-0.05, 0) is 36.6 Å². The van der Waals surface area contributed by atoms with Crippen LogP contribution < -0.4 is 20.3 Å². The highest BCUT2D eigenvalue weighted by atomic mass is 16.5. The Kier molecular flexibility index (Phi) is 6.24. The largest absolute Gasteiger partial charge is 0.493 e. The standard InChI is InChI=1S/C21H30N4O3/c1-13(2)17-9-20(26)24-21(23-17)22-10-15-11-25(3)12-16(15)14-6-7-18(27-4)19(8-14)28-5/h6-9,13,15-16H,10-12H2,1-5H3,(H2,22,23,24,26)/t15-,16+/m0/s1. The van der Waals surface area contributed by atoms with E-state index in [0.717, 1.165) is 36.8 Å². The first-order chi connectivity index (χ1) is 13.4. The summed E-state index contributed by atoms with van der Waals surface area (Å²) in [6.45, 7) is 6.74. The molecule has 1 fully saturated rings. The number of aromatic amines is 1. The number of ether oxygens (including phenoxy) is 2. The molecule has 0 spiro atoms. The van der Waals surface area contributed by atoms with Gasteiger partial charge in [-0.25, -0.2) is 4.98 Å². The van der Waals surface area contributed by atoms with Gasteiger partial charge in [0.25, 0.3) is 5.56 Å². The number of rotatable bonds is 7. The molecule has 1 aromatic carbocycles. The van der Waals surface area contributed by atoms with Crippen molar-refractivity contribution in [2.24, 2.45) is 5.92 Å². The molecule has 152 valence electrons. The van der Waals surface area contributed by atoms with Crippen LogP contribution in [0.1, 0.15) is 36.9 Å². The summed E-state index contributed by atoms with van der Waals surface area (Å²) >= 11 is 0. The number of aromatic nitrogens is 2. The second kappa shape index (κ2) is 8.65. The topological polar surface area (TPSA) is 79.5 Å². The molecule has 1 aliphatic rings. The fourth-order valence-corrected chi connectivity index (χ4v) is 3.84. The van der Waals surface area contributed by atoms with Crippen molar-refractivity contribution >= 4 is 5.95 Å². The first-order valence-electron chi connectivity index (χ1n) is 9.66. The van der Waals surface area contributed by atoms with Crippen molar-refractivity contribution < 1.29 is 9.47 Å². The Morgan fingerprint density at radius 3 is 2.64 bits per heavy atom. The molecule has 2 heterocycles. The quantitative estimate of drug-likeness (QED) is 0.762. The highest BCUT2D eigenvalue weighted by Gasteiger charge is 2.32. The minimum Gasteiger partial charge on any atom is -0.493 e. The van der Waals surface area contributed by atoms with Gasteiger partial charge in [0.15, 0.2) is 11.5 Å². The lowest BCUT2D eigenvalue weighted by molar-refractivity contribution is 0.354. The Hall–Kier alpha value is -2.54. The summed E-state index contributed by atoms with van der Waals surface area (Å²) in [5, 5.41) is 3.34. The minimum absolute atomic E-state index is 0.124. The molecule has 0 radical (unpaired) electrons. The summed E-state index contributed by atoms with van der Waals surface area (Å²) in [5.74, 6) is 2.97. The zero-order valence-corrected chi connectivity index (χ0v) is 17.3. The molecule has 2 atom stereocenters. The summed E-state index contributed by atoms with van der Waals surface area (Å²) in [5.41, 5.74) is 1.90. The molecule has 0 amide bonds. The van der Waals surface area contributed by atoms with E-state index in [0.29, 0.717) is 17.8 Å². The number of H-pyrrole nitrogens is 1. The maximum Gasteiger partial charge on any atom is 0.252 e. The molecule has 0 unspecified atom stereocenters. The third kappa shape index (κ3) is 4.47. The number of nitrogens with one attached hydrogen (secondary N) is 2. The van der Waals surface area contributed by atoms with Crippen LogP contribution in [-0.4, -0.2) is 55.8 Å². The van der Waals surface area contributed by atoms with Gasteiger partial charge in [-0.15, -0.1) is 0 Å². The molecule has 1 aliphatic heterocycles. The Morgan fingerprint density at radius 2 is 1.96 bits per heavy atom. The monoisotopic (exact) mass is 386 g/mol. The Labute approximate surface area is 166 Å².